The number of rotatable bonds is 4. The molecule has 0 radical (unpaired) electrons. The van der Waals surface area contributed by atoms with Crippen LogP contribution in [-0.4, -0.2) is 21.5 Å². The molecule has 2 aromatic rings. The maximum Gasteiger partial charge on any atom is 0.338 e. The summed E-state index contributed by atoms with van der Waals surface area (Å²) in [5.74, 6) is -0.552. The fourth-order valence-corrected chi connectivity index (χ4v) is 3.85. The number of nitrogens with one attached hydrogen (secondary N) is 1. The van der Waals surface area contributed by atoms with Gasteiger partial charge in [-0.1, -0.05) is 29.3 Å². The number of ether oxygens (including phenoxy) is 1. The number of benzene rings is 2. The number of sulfonamides is 1. The molecule has 0 aliphatic heterocycles. The summed E-state index contributed by atoms with van der Waals surface area (Å²) in [7, 11) is -2.70. The van der Waals surface area contributed by atoms with Crippen LogP contribution in [-0.2, 0) is 14.8 Å². The van der Waals surface area contributed by atoms with Crippen molar-refractivity contribution in [3.8, 4) is 0 Å². The number of anilines is 1. The van der Waals surface area contributed by atoms with Crippen LogP contribution in [0.2, 0.25) is 10.0 Å². The molecule has 0 unspecified atom stereocenters. The average Bonchev–Trinajstić information content (AvgIpc) is 2.50. The zero-order valence-corrected chi connectivity index (χ0v) is 14.6. The second-order valence-electron chi connectivity index (χ2n) is 4.65. The molecular weight excluding hydrogens is 361 g/mol. The third kappa shape index (κ3) is 3.77. The van der Waals surface area contributed by atoms with Gasteiger partial charge in [-0.3, -0.25) is 4.72 Å². The van der Waals surface area contributed by atoms with Crippen LogP contribution in [0.5, 0.6) is 0 Å². The summed E-state index contributed by atoms with van der Waals surface area (Å²) in [6, 6.07) is 8.79. The lowest BCUT2D eigenvalue weighted by Crippen LogP contribution is -2.15. The van der Waals surface area contributed by atoms with E-state index in [2.05, 4.69) is 9.46 Å². The number of methoxy groups -OCH3 is 1. The standard InChI is InChI=1S/C15H13Cl2NO4S/c1-9-11(15(19)22-2)4-3-5-13(9)18-23(20,21)14-8-10(16)6-7-12(14)17/h3-8,18H,1-2H3. The Balaban J connectivity index is 2.46. The molecule has 0 amide bonds. The summed E-state index contributed by atoms with van der Waals surface area (Å²) >= 11 is 11.8. The van der Waals surface area contributed by atoms with E-state index in [1.165, 1.54) is 31.4 Å². The molecule has 5 nitrogen and oxygen atoms in total. The van der Waals surface area contributed by atoms with Crippen LogP contribution >= 0.6 is 23.2 Å². The van der Waals surface area contributed by atoms with E-state index in [0.29, 0.717) is 5.56 Å². The number of esters is 1. The van der Waals surface area contributed by atoms with E-state index in [1.54, 1.807) is 19.1 Å². The van der Waals surface area contributed by atoms with Gasteiger partial charge in [-0.25, -0.2) is 13.2 Å². The highest BCUT2D eigenvalue weighted by atomic mass is 35.5. The van der Waals surface area contributed by atoms with E-state index in [1.807, 2.05) is 0 Å². The molecule has 0 aromatic heterocycles. The minimum atomic E-state index is -3.96. The number of carbonyl (C=O) groups excluding carboxylic acids is 1. The number of hydrogen-bond donors (Lipinski definition) is 1. The Kier molecular flexibility index (Phi) is 5.19. The lowest BCUT2D eigenvalue weighted by molar-refractivity contribution is 0.0600. The van der Waals surface area contributed by atoms with Gasteiger partial charge in [0.2, 0.25) is 0 Å². The quantitative estimate of drug-likeness (QED) is 0.825. The van der Waals surface area contributed by atoms with Gasteiger partial charge >= 0.3 is 5.97 Å². The number of hydrogen-bond acceptors (Lipinski definition) is 4. The summed E-state index contributed by atoms with van der Waals surface area (Å²) in [6.07, 6.45) is 0. The average molecular weight is 374 g/mol. The largest absolute Gasteiger partial charge is 0.465 e. The number of halogens is 2. The molecule has 0 heterocycles. The van der Waals surface area contributed by atoms with Crippen LogP contribution in [0.1, 0.15) is 15.9 Å². The third-order valence-electron chi connectivity index (χ3n) is 3.17. The van der Waals surface area contributed by atoms with Crippen molar-refractivity contribution in [2.75, 3.05) is 11.8 Å². The molecule has 0 saturated carbocycles. The molecule has 1 N–H and O–H groups in total. The normalized spacial score (nSPS) is 11.1. The first kappa shape index (κ1) is 17.6. The maximum atomic E-state index is 12.5. The van der Waals surface area contributed by atoms with E-state index in [-0.39, 0.29) is 26.2 Å². The van der Waals surface area contributed by atoms with E-state index >= 15 is 0 Å². The van der Waals surface area contributed by atoms with E-state index < -0.39 is 16.0 Å². The Labute approximate surface area is 144 Å². The molecule has 23 heavy (non-hydrogen) atoms. The molecule has 0 bridgehead atoms. The second kappa shape index (κ2) is 6.78. The Hall–Kier alpha value is -1.76. The predicted molar refractivity (Wildman–Crippen MR) is 89.8 cm³/mol. The fourth-order valence-electron chi connectivity index (χ4n) is 1.96. The van der Waals surface area contributed by atoms with Gasteiger partial charge in [0.05, 0.1) is 23.4 Å². The van der Waals surface area contributed by atoms with Gasteiger partial charge in [-0.2, -0.15) is 0 Å². The van der Waals surface area contributed by atoms with Crippen molar-refractivity contribution in [1.29, 1.82) is 0 Å². The zero-order chi connectivity index (χ0) is 17.2. The van der Waals surface area contributed by atoms with Gasteiger partial charge in [-0.15, -0.1) is 0 Å². The molecule has 2 rings (SSSR count). The number of carbonyl (C=O) groups is 1. The third-order valence-corrected chi connectivity index (χ3v) is 5.25. The van der Waals surface area contributed by atoms with Gasteiger partial charge in [0.25, 0.3) is 10.0 Å². The van der Waals surface area contributed by atoms with E-state index in [4.69, 9.17) is 23.2 Å². The molecular formula is C15H13Cl2NO4S. The maximum absolute atomic E-state index is 12.5. The molecule has 0 aliphatic carbocycles. The fraction of sp³-hybridized carbons (Fsp3) is 0.133. The highest BCUT2D eigenvalue weighted by molar-refractivity contribution is 7.92. The first-order valence-corrected chi connectivity index (χ1v) is 8.66. The predicted octanol–water partition coefficient (Wildman–Crippen LogP) is 3.89. The van der Waals surface area contributed by atoms with Crippen molar-refractivity contribution in [2.45, 2.75) is 11.8 Å². The van der Waals surface area contributed by atoms with Crippen LogP contribution in [0.4, 0.5) is 5.69 Å². The molecule has 0 spiro atoms. The monoisotopic (exact) mass is 373 g/mol. The molecule has 2 aromatic carbocycles. The highest BCUT2D eigenvalue weighted by Crippen LogP contribution is 2.28. The van der Waals surface area contributed by atoms with Crippen LogP contribution in [0, 0.1) is 6.92 Å². The summed E-state index contributed by atoms with van der Waals surface area (Å²) in [5, 5.41) is 0.290. The minimum Gasteiger partial charge on any atom is -0.465 e. The van der Waals surface area contributed by atoms with Crippen LogP contribution in [0.3, 0.4) is 0 Å². The van der Waals surface area contributed by atoms with Crippen molar-refractivity contribution in [1.82, 2.24) is 0 Å². The topological polar surface area (TPSA) is 72.5 Å². The summed E-state index contributed by atoms with van der Waals surface area (Å²) in [6.45, 7) is 1.61. The molecule has 0 aliphatic rings. The highest BCUT2D eigenvalue weighted by Gasteiger charge is 2.21. The lowest BCUT2D eigenvalue weighted by Gasteiger charge is -2.13. The molecule has 0 fully saturated rings. The lowest BCUT2D eigenvalue weighted by atomic mass is 10.1. The Morgan fingerprint density at radius 3 is 2.52 bits per heavy atom. The van der Waals surface area contributed by atoms with Crippen LogP contribution < -0.4 is 4.72 Å². The molecule has 0 saturated heterocycles. The smallest absolute Gasteiger partial charge is 0.338 e. The molecule has 122 valence electrons. The minimum absolute atomic E-state index is 0.0451. The van der Waals surface area contributed by atoms with Crippen molar-refractivity contribution in [3.05, 3.63) is 57.6 Å². The van der Waals surface area contributed by atoms with Crippen LogP contribution in [0.15, 0.2) is 41.3 Å². The summed E-state index contributed by atoms with van der Waals surface area (Å²) < 4.78 is 32.1. The molecule has 8 heteroatoms. The van der Waals surface area contributed by atoms with E-state index in [0.717, 1.165) is 0 Å². The van der Waals surface area contributed by atoms with Gasteiger partial charge in [-0.05, 0) is 42.8 Å². The van der Waals surface area contributed by atoms with Crippen molar-refractivity contribution in [2.24, 2.45) is 0 Å². The van der Waals surface area contributed by atoms with Crippen LogP contribution in [0.25, 0.3) is 0 Å². The summed E-state index contributed by atoms with van der Waals surface area (Å²) in [4.78, 5) is 11.5. The first-order chi connectivity index (χ1) is 10.8. The Morgan fingerprint density at radius 2 is 1.87 bits per heavy atom. The van der Waals surface area contributed by atoms with Crippen molar-refractivity contribution in [3.63, 3.8) is 0 Å². The van der Waals surface area contributed by atoms with Gasteiger partial charge in [0, 0.05) is 5.02 Å². The zero-order valence-electron chi connectivity index (χ0n) is 12.3. The van der Waals surface area contributed by atoms with Crippen molar-refractivity contribution >= 4 is 44.9 Å². The van der Waals surface area contributed by atoms with E-state index in [9.17, 15) is 13.2 Å². The van der Waals surface area contributed by atoms with Crippen molar-refractivity contribution < 1.29 is 17.9 Å². The van der Waals surface area contributed by atoms with Gasteiger partial charge < -0.3 is 4.74 Å². The van der Waals surface area contributed by atoms with Gasteiger partial charge in [0.15, 0.2) is 0 Å². The SMILES string of the molecule is COC(=O)c1cccc(NS(=O)(=O)c2cc(Cl)ccc2Cl)c1C. The Bertz CT molecular complexity index is 866. The molecule has 0 atom stereocenters. The van der Waals surface area contributed by atoms with Gasteiger partial charge in [0.1, 0.15) is 4.90 Å². The first-order valence-electron chi connectivity index (χ1n) is 6.42. The summed E-state index contributed by atoms with van der Waals surface area (Å²) in [5.41, 5.74) is 0.968. The Morgan fingerprint density at radius 1 is 1.17 bits per heavy atom. The second-order valence-corrected chi connectivity index (χ2v) is 7.14.